The van der Waals surface area contributed by atoms with Gasteiger partial charge in [0.05, 0.1) is 10.5 Å². The monoisotopic (exact) mass is 319 g/mol. The maximum absolute atomic E-state index is 12.3. The summed E-state index contributed by atoms with van der Waals surface area (Å²) < 4.78 is 27.0. The van der Waals surface area contributed by atoms with Crippen molar-refractivity contribution in [2.24, 2.45) is 0 Å². The lowest BCUT2D eigenvalue weighted by atomic mass is 10.1. The first-order valence-corrected chi connectivity index (χ1v) is 8.36. The van der Waals surface area contributed by atoms with Gasteiger partial charge in [-0.1, -0.05) is 31.5 Å². The fourth-order valence-corrected chi connectivity index (χ4v) is 3.14. The van der Waals surface area contributed by atoms with E-state index >= 15 is 0 Å². The van der Waals surface area contributed by atoms with E-state index in [-0.39, 0.29) is 10.5 Å². The van der Waals surface area contributed by atoms with Crippen LogP contribution in [-0.2, 0) is 16.4 Å². The highest BCUT2D eigenvalue weighted by molar-refractivity contribution is 7.92. The molecule has 22 heavy (non-hydrogen) atoms. The Morgan fingerprint density at radius 1 is 1.14 bits per heavy atom. The first-order chi connectivity index (χ1) is 10.4. The Kier molecular flexibility index (Phi) is 4.82. The molecule has 0 aromatic heterocycles. The van der Waals surface area contributed by atoms with E-state index in [0.29, 0.717) is 5.69 Å². The van der Waals surface area contributed by atoms with Gasteiger partial charge >= 0.3 is 5.97 Å². The van der Waals surface area contributed by atoms with E-state index in [2.05, 4.69) is 11.6 Å². The molecule has 2 rings (SSSR count). The molecule has 2 aromatic rings. The number of carboxylic acids is 1. The molecule has 2 aromatic carbocycles. The molecular weight excluding hydrogens is 302 g/mol. The molecule has 0 atom stereocenters. The summed E-state index contributed by atoms with van der Waals surface area (Å²) >= 11 is 0. The summed E-state index contributed by atoms with van der Waals surface area (Å²) in [6, 6.07) is 12.4. The summed E-state index contributed by atoms with van der Waals surface area (Å²) in [5.41, 5.74) is 1.51. The Morgan fingerprint density at radius 2 is 1.82 bits per heavy atom. The van der Waals surface area contributed by atoms with Crippen molar-refractivity contribution in [1.29, 1.82) is 0 Å². The van der Waals surface area contributed by atoms with Gasteiger partial charge in [-0.25, -0.2) is 13.2 Å². The van der Waals surface area contributed by atoms with E-state index in [0.717, 1.165) is 24.5 Å². The van der Waals surface area contributed by atoms with Gasteiger partial charge in [-0.05, 0) is 42.3 Å². The van der Waals surface area contributed by atoms with Crippen LogP contribution in [0.3, 0.4) is 0 Å². The minimum Gasteiger partial charge on any atom is -0.478 e. The van der Waals surface area contributed by atoms with E-state index in [1.54, 1.807) is 12.1 Å². The Morgan fingerprint density at radius 3 is 2.41 bits per heavy atom. The van der Waals surface area contributed by atoms with E-state index in [4.69, 9.17) is 5.11 Å². The lowest BCUT2D eigenvalue weighted by Crippen LogP contribution is -2.13. The third-order valence-electron chi connectivity index (χ3n) is 3.14. The van der Waals surface area contributed by atoms with Crippen molar-refractivity contribution < 1.29 is 18.3 Å². The highest BCUT2D eigenvalue weighted by Gasteiger charge is 2.16. The summed E-state index contributed by atoms with van der Waals surface area (Å²) in [6.45, 7) is 2.08. The number of rotatable bonds is 6. The number of anilines is 1. The summed E-state index contributed by atoms with van der Waals surface area (Å²) in [4.78, 5) is 10.8. The normalized spacial score (nSPS) is 11.1. The van der Waals surface area contributed by atoms with Crippen LogP contribution in [0.25, 0.3) is 0 Å². The average molecular weight is 319 g/mol. The van der Waals surface area contributed by atoms with Crippen LogP contribution in [0.2, 0.25) is 0 Å². The van der Waals surface area contributed by atoms with Gasteiger partial charge in [0.1, 0.15) is 0 Å². The number of benzene rings is 2. The number of carbonyl (C=O) groups is 1. The minimum absolute atomic E-state index is 0.0684. The Hall–Kier alpha value is -2.34. The van der Waals surface area contributed by atoms with Crippen LogP contribution >= 0.6 is 0 Å². The molecule has 0 unspecified atom stereocenters. The van der Waals surface area contributed by atoms with Crippen molar-refractivity contribution in [2.75, 3.05) is 4.72 Å². The molecule has 0 aliphatic rings. The van der Waals surface area contributed by atoms with Crippen LogP contribution in [0.15, 0.2) is 53.4 Å². The van der Waals surface area contributed by atoms with Crippen LogP contribution in [0.5, 0.6) is 0 Å². The second-order valence-electron chi connectivity index (χ2n) is 4.89. The maximum Gasteiger partial charge on any atom is 0.335 e. The number of aryl methyl sites for hydroxylation is 1. The van der Waals surface area contributed by atoms with Crippen molar-refractivity contribution in [1.82, 2.24) is 0 Å². The standard InChI is InChI=1S/C16H17NO4S/c1-2-4-12-7-9-14(10-8-12)17-22(20,21)15-6-3-5-13(11-15)16(18)19/h3,5-11,17H,2,4H2,1H3,(H,18,19). The number of hydrogen-bond donors (Lipinski definition) is 2. The van der Waals surface area contributed by atoms with Crippen LogP contribution in [0.4, 0.5) is 5.69 Å². The Labute approximate surface area is 129 Å². The maximum atomic E-state index is 12.3. The largest absolute Gasteiger partial charge is 0.478 e. The van der Waals surface area contributed by atoms with Crippen LogP contribution < -0.4 is 4.72 Å². The second-order valence-corrected chi connectivity index (χ2v) is 6.57. The number of sulfonamides is 1. The van der Waals surface area contributed by atoms with E-state index in [1.165, 1.54) is 18.2 Å². The summed E-state index contributed by atoms with van der Waals surface area (Å²) in [5, 5.41) is 8.93. The van der Waals surface area contributed by atoms with E-state index in [9.17, 15) is 13.2 Å². The molecule has 0 heterocycles. The second kappa shape index (κ2) is 6.62. The molecule has 6 heteroatoms. The van der Waals surface area contributed by atoms with E-state index < -0.39 is 16.0 Å². The van der Waals surface area contributed by atoms with Crippen molar-refractivity contribution in [3.05, 3.63) is 59.7 Å². The zero-order valence-electron chi connectivity index (χ0n) is 12.1. The first-order valence-electron chi connectivity index (χ1n) is 6.87. The zero-order valence-corrected chi connectivity index (χ0v) is 12.9. The van der Waals surface area contributed by atoms with Crippen molar-refractivity contribution in [3.8, 4) is 0 Å². The highest BCUT2D eigenvalue weighted by Crippen LogP contribution is 2.18. The third kappa shape index (κ3) is 3.85. The molecule has 2 N–H and O–H groups in total. The summed E-state index contributed by atoms with van der Waals surface area (Å²) in [7, 11) is -3.81. The summed E-state index contributed by atoms with van der Waals surface area (Å²) in [5.74, 6) is -1.17. The molecule has 0 bridgehead atoms. The fraction of sp³-hybridized carbons (Fsp3) is 0.188. The molecule has 0 aliphatic heterocycles. The van der Waals surface area contributed by atoms with Gasteiger partial charge in [0.2, 0.25) is 0 Å². The molecule has 0 amide bonds. The molecule has 0 spiro atoms. The molecular formula is C16H17NO4S. The Balaban J connectivity index is 2.23. The van der Waals surface area contributed by atoms with Gasteiger partial charge in [0.15, 0.2) is 0 Å². The topological polar surface area (TPSA) is 83.5 Å². The molecule has 0 aliphatic carbocycles. The number of hydrogen-bond acceptors (Lipinski definition) is 3. The van der Waals surface area contributed by atoms with Crippen molar-refractivity contribution in [2.45, 2.75) is 24.7 Å². The van der Waals surface area contributed by atoms with Crippen molar-refractivity contribution >= 4 is 21.7 Å². The van der Waals surface area contributed by atoms with Crippen LogP contribution in [0.1, 0.15) is 29.3 Å². The van der Waals surface area contributed by atoms with Crippen molar-refractivity contribution in [3.63, 3.8) is 0 Å². The smallest absolute Gasteiger partial charge is 0.335 e. The number of aromatic carboxylic acids is 1. The van der Waals surface area contributed by atoms with Gasteiger partial charge in [0.25, 0.3) is 10.0 Å². The molecule has 0 saturated heterocycles. The quantitative estimate of drug-likeness (QED) is 0.857. The van der Waals surface area contributed by atoms with Crippen LogP contribution in [-0.4, -0.2) is 19.5 Å². The molecule has 116 valence electrons. The number of carboxylic acid groups (broad SMARTS) is 1. The summed E-state index contributed by atoms with van der Waals surface area (Å²) in [6.07, 6.45) is 1.96. The molecule has 0 radical (unpaired) electrons. The van der Waals surface area contributed by atoms with Gasteiger partial charge in [-0.15, -0.1) is 0 Å². The minimum atomic E-state index is -3.81. The van der Waals surface area contributed by atoms with Gasteiger partial charge in [-0.2, -0.15) is 0 Å². The fourth-order valence-electron chi connectivity index (χ4n) is 2.04. The molecule has 5 nitrogen and oxygen atoms in total. The first kappa shape index (κ1) is 16.0. The van der Waals surface area contributed by atoms with Gasteiger partial charge < -0.3 is 5.11 Å². The van der Waals surface area contributed by atoms with E-state index in [1.807, 2.05) is 12.1 Å². The average Bonchev–Trinajstić information content (AvgIpc) is 2.49. The third-order valence-corrected chi connectivity index (χ3v) is 4.52. The SMILES string of the molecule is CCCc1ccc(NS(=O)(=O)c2cccc(C(=O)O)c2)cc1. The lowest BCUT2D eigenvalue weighted by molar-refractivity contribution is 0.0696. The lowest BCUT2D eigenvalue weighted by Gasteiger charge is -2.09. The number of nitrogens with one attached hydrogen (secondary N) is 1. The van der Waals surface area contributed by atoms with Crippen LogP contribution in [0, 0.1) is 0 Å². The Bertz CT molecular complexity index is 767. The van der Waals surface area contributed by atoms with Gasteiger partial charge in [0, 0.05) is 5.69 Å². The predicted octanol–water partition coefficient (Wildman–Crippen LogP) is 3.14. The van der Waals surface area contributed by atoms with Gasteiger partial charge in [-0.3, -0.25) is 4.72 Å². The zero-order chi connectivity index (χ0) is 16.2. The molecule has 0 saturated carbocycles. The predicted molar refractivity (Wildman–Crippen MR) is 84.6 cm³/mol. The molecule has 0 fully saturated rings. The highest BCUT2D eigenvalue weighted by atomic mass is 32.2.